The third-order valence-electron chi connectivity index (χ3n) is 3.33. The van der Waals surface area contributed by atoms with Crippen molar-refractivity contribution >= 4 is 15.7 Å². The fourth-order valence-electron chi connectivity index (χ4n) is 2.12. The molecule has 0 amide bonds. The largest absolute Gasteiger partial charge is 0.454 e. The van der Waals surface area contributed by atoms with Gasteiger partial charge < -0.3 is 9.47 Å². The summed E-state index contributed by atoms with van der Waals surface area (Å²) in [5.74, 6) is 1.15. The van der Waals surface area contributed by atoms with Gasteiger partial charge in [-0.2, -0.15) is 0 Å². The minimum atomic E-state index is -3.45. The van der Waals surface area contributed by atoms with Crippen molar-refractivity contribution in [2.45, 2.75) is 5.75 Å². The highest BCUT2D eigenvalue weighted by Gasteiger charge is 2.22. The standard InChI is InChI=1S/C15H15NO4S/c1-16(13-7-8-14-15(9-13)20-11-19-14)21(17,18)10-12-5-3-2-4-6-12/h2-9H,10-11H2,1H3. The molecule has 0 N–H and O–H groups in total. The molecule has 0 aromatic heterocycles. The van der Waals surface area contributed by atoms with Crippen molar-refractivity contribution in [3.05, 3.63) is 54.1 Å². The molecule has 1 aliphatic heterocycles. The zero-order valence-corrected chi connectivity index (χ0v) is 12.3. The van der Waals surface area contributed by atoms with Crippen molar-refractivity contribution in [3.8, 4) is 11.5 Å². The molecule has 0 bridgehead atoms. The van der Waals surface area contributed by atoms with Gasteiger partial charge in [0.05, 0.1) is 11.4 Å². The molecule has 0 aliphatic carbocycles. The molecule has 0 unspecified atom stereocenters. The maximum absolute atomic E-state index is 12.5. The highest BCUT2D eigenvalue weighted by atomic mass is 32.2. The summed E-state index contributed by atoms with van der Waals surface area (Å²) >= 11 is 0. The van der Waals surface area contributed by atoms with Gasteiger partial charge in [-0.1, -0.05) is 30.3 Å². The van der Waals surface area contributed by atoms with Crippen molar-refractivity contribution in [3.63, 3.8) is 0 Å². The Morgan fingerprint density at radius 3 is 2.52 bits per heavy atom. The molecule has 0 radical (unpaired) electrons. The predicted molar refractivity (Wildman–Crippen MR) is 80.0 cm³/mol. The van der Waals surface area contributed by atoms with Crippen LogP contribution in [0.3, 0.4) is 0 Å². The van der Waals surface area contributed by atoms with E-state index in [9.17, 15) is 8.42 Å². The van der Waals surface area contributed by atoms with E-state index in [-0.39, 0.29) is 12.5 Å². The fraction of sp³-hybridized carbons (Fsp3) is 0.200. The second-order valence-corrected chi connectivity index (χ2v) is 6.75. The van der Waals surface area contributed by atoms with E-state index >= 15 is 0 Å². The van der Waals surface area contributed by atoms with Gasteiger partial charge >= 0.3 is 0 Å². The number of anilines is 1. The maximum atomic E-state index is 12.5. The second kappa shape index (κ2) is 5.29. The normalized spacial score (nSPS) is 13.2. The number of hydrogen-bond donors (Lipinski definition) is 0. The summed E-state index contributed by atoms with van der Waals surface area (Å²) in [4.78, 5) is 0. The minimum Gasteiger partial charge on any atom is -0.454 e. The molecular weight excluding hydrogens is 290 g/mol. The van der Waals surface area contributed by atoms with Crippen LogP contribution in [0.15, 0.2) is 48.5 Å². The summed E-state index contributed by atoms with van der Waals surface area (Å²) in [6, 6.07) is 14.2. The van der Waals surface area contributed by atoms with Crippen LogP contribution in [0.4, 0.5) is 5.69 Å². The number of sulfonamides is 1. The third kappa shape index (κ3) is 2.80. The van der Waals surface area contributed by atoms with Crippen molar-refractivity contribution in [2.75, 3.05) is 18.1 Å². The van der Waals surface area contributed by atoms with Gasteiger partial charge in [-0.15, -0.1) is 0 Å². The Bertz CT molecular complexity index is 744. The second-order valence-electron chi connectivity index (χ2n) is 4.75. The molecule has 1 heterocycles. The van der Waals surface area contributed by atoms with Crippen LogP contribution in [-0.4, -0.2) is 22.3 Å². The van der Waals surface area contributed by atoms with E-state index in [1.54, 1.807) is 30.3 Å². The van der Waals surface area contributed by atoms with Gasteiger partial charge in [-0.05, 0) is 17.7 Å². The summed E-state index contributed by atoms with van der Waals surface area (Å²) in [5, 5.41) is 0. The molecular formula is C15H15NO4S. The predicted octanol–water partition coefficient (Wildman–Crippen LogP) is 2.38. The Morgan fingerprint density at radius 1 is 1.05 bits per heavy atom. The van der Waals surface area contributed by atoms with Crippen molar-refractivity contribution in [1.82, 2.24) is 0 Å². The van der Waals surface area contributed by atoms with E-state index in [1.807, 2.05) is 18.2 Å². The highest BCUT2D eigenvalue weighted by molar-refractivity contribution is 7.92. The van der Waals surface area contributed by atoms with Crippen LogP contribution < -0.4 is 13.8 Å². The lowest BCUT2D eigenvalue weighted by molar-refractivity contribution is 0.174. The molecule has 2 aromatic carbocycles. The SMILES string of the molecule is CN(c1ccc2c(c1)OCO2)S(=O)(=O)Cc1ccccc1. The summed E-state index contributed by atoms with van der Waals surface area (Å²) in [6.07, 6.45) is 0. The zero-order chi connectivity index (χ0) is 14.9. The van der Waals surface area contributed by atoms with E-state index in [0.717, 1.165) is 5.56 Å². The van der Waals surface area contributed by atoms with Gasteiger partial charge in [0.25, 0.3) is 0 Å². The topological polar surface area (TPSA) is 55.8 Å². The molecule has 2 aromatic rings. The molecule has 1 aliphatic rings. The van der Waals surface area contributed by atoms with E-state index < -0.39 is 10.0 Å². The number of ether oxygens (including phenoxy) is 2. The Labute approximate surface area is 123 Å². The molecule has 3 rings (SSSR count). The first-order chi connectivity index (χ1) is 10.1. The summed E-state index contributed by atoms with van der Waals surface area (Å²) in [6.45, 7) is 0.166. The van der Waals surface area contributed by atoms with Gasteiger partial charge in [-0.3, -0.25) is 4.31 Å². The molecule has 21 heavy (non-hydrogen) atoms. The Kier molecular flexibility index (Phi) is 3.47. The third-order valence-corrected chi connectivity index (χ3v) is 5.07. The first-order valence-corrected chi connectivity index (χ1v) is 8.07. The van der Waals surface area contributed by atoms with Crippen LogP contribution >= 0.6 is 0 Å². The van der Waals surface area contributed by atoms with E-state index in [0.29, 0.717) is 17.2 Å². The lowest BCUT2D eigenvalue weighted by Crippen LogP contribution is -2.27. The van der Waals surface area contributed by atoms with E-state index in [1.165, 1.54) is 11.4 Å². The summed E-state index contributed by atoms with van der Waals surface area (Å²) in [7, 11) is -1.91. The van der Waals surface area contributed by atoms with Gasteiger partial charge in [0.2, 0.25) is 16.8 Å². The van der Waals surface area contributed by atoms with Gasteiger partial charge in [0, 0.05) is 13.1 Å². The van der Waals surface area contributed by atoms with Crippen LogP contribution in [0.25, 0.3) is 0 Å². The van der Waals surface area contributed by atoms with Crippen LogP contribution in [0.2, 0.25) is 0 Å². The molecule has 0 saturated carbocycles. The van der Waals surface area contributed by atoms with Gasteiger partial charge in [-0.25, -0.2) is 8.42 Å². The van der Waals surface area contributed by atoms with E-state index in [2.05, 4.69) is 0 Å². The molecule has 6 heteroatoms. The van der Waals surface area contributed by atoms with Gasteiger partial charge in [0.15, 0.2) is 11.5 Å². The maximum Gasteiger partial charge on any atom is 0.239 e. The molecule has 0 atom stereocenters. The van der Waals surface area contributed by atoms with Gasteiger partial charge in [0.1, 0.15) is 0 Å². The molecule has 0 spiro atoms. The lowest BCUT2D eigenvalue weighted by atomic mass is 10.2. The smallest absolute Gasteiger partial charge is 0.239 e. The number of rotatable bonds is 4. The summed E-state index contributed by atoms with van der Waals surface area (Å²) in [5.41, 5.74) is 1.31. The number of hydrogen-bond acceptors (Lipinski definition) is 4. The molecule has 5 nitrogen and oxygen atoms in total. The van der Waals surface area contributed by atoms with Crippen LogP contribution in [0, 0.1) is 0 Å². The minimum absolute atomic E-state index is 0.0429. The number of benzene rings is 2. The summed E-state index contributed by atoms with van der Waals surface area (Å²) < 4.78 is 36.7. The van der Waals surface area contributed by atoms with Crippen molar-refractivity contribution < 1.29 is 17.9 Å². The fourth-order valence-corrected chi connectivity index (χ4v) is 3.37. The Balaban J connectivity index is 1.85. The zero-order valence-electron chi connectivity index (χ0n) is 11.5. The first-order valence-electron chi connectivity index (χ1n) is 6.46. The Morgan fingerprint density at radius 2 is 1.76 bits per heavy atom. The van der Waals surface area contributed by atoms with Crippen molar-refractivity contribution in [2.24, 2.45) is 0 Å². The number of nitrogens with zero attached hydrogens (tertiary/aromatic N) is 1. The molecule has 110 valence electrons. The van der Waals surface area contributed by atoms with Crippen LogP contribution in [-0.2, 0) is 15.8 Å². The average Bonchev–Trinajstić information content (AvgIpc) is 2.94. The highest BCUT2D eigenvalue weighted by Crippen LogP contribution is 2.35. The quantitative estimate of drug-likeness (QED) is 0.870. The van der Waals surface area contributed by atoms with E-state index in [4.69, 9.17) is 9.47 Å². The lowest BCUT2D eigenvalue weighted by Gasteiger charge is -2.19. The average molecular weight is 305 g/mol. The first kappa shape index (κ1) is 13.8. The number of fused-ring (bicyclic) bond motifs is 1. The monoisotopic (exact) mass is 305 g/mol. The Hall–Kier alpha value is -2.21. The van der Waals surface area contributed by atoms with Crippen molar-refractivity contribution in [1.29, 1.82) is 0 Å². The molecule has 0 saturated heterocycles. The van der Waals surface area contributed by atoms with Crippen LogP contribution in [0.5, 0.6) is 11.5 Å². The molecule has 0 fully saturated rings. The van der Waals surface area contributed by atoms with Crippen LogP contribution in [0.1, 0.15) is 5.56 Å².